The van der Waals surface area contributed by atoms with E-state index in [-0.39, 0.29) is 0 Å². The van der Waals surface area contributed by atoms with Crippen LogP contribution in [-0.4, -0.2) is 26.4 Å². The summed E-state index contributed by atoms with van der Waals surface area (Å²) in [5, 5.41) is 0. The summed E-state index contributed by atoms with van der Waals surface area (Å²) in [7, 11) is 0. The lowest BCUT2D eigenvalue weighted by atomic mass is 10.7. The fourth-order valence-corrected chi connectivity index (χ4v) is 0.339. The molecule has 0 atom stereocenters. The van der Waals surface area contributed by atoms with Crippen LogP contribution >= 0.6 is 11.9 Å². The van der Waals surface area contributed by atoms with E-state index in [9.17, 15) is 0 Å². The minimum Gasteiger partial charge on any atom is -0.378 e. The lowest BCUT2D eigenvalue weighted by molar-refractivity contribution is 0.109. The SMILES string of the molecule is NCCOCCOCl. The summed E-state index contributed by atoms with van der Waals surface area (Å²) in [6.07, 6.45) is 0. The fourth-order valence-electron chi connectivity index (χ4n) is 0.276. The van der Waals surface area contributed by atoms with E-state index in [1.165, 1.54) is 0 Å². The molecule has 4 heteroatoms. The van der Waals surface area contributed by atoms with Crippen LogP contribution < -0.4 is 5.73 Å². The minimum absolute atomic E-state index is 0.418. The number of nitrogens with two attached hydrogens (primary N) is 1. The van der Waals surface area contributed by atoms with E-state index in [0.29, 0.717) is 26.4 Å². The monoisotopic (exact) mass is 139 g/mol. The van der Waals surface area contributed by atoms with Crippen LogP contribution in [0.15, 0.2) is 0 Å². The molecule has 0 aliphatic carbocycles. The summed E-state index contributed by atoms with van der Waals surface area (Å²) in [6, 6.07) is 0. The summed E-state index contributed by atoms with van der Waals surface area (Å²) in [5.41, 5.74) is 5.11. The average molecular weight is 140 g/mol. The van der Waals surface area contributed by atoms with E-state index in [2.05, 4.69) is 4.29 Å². The van der Waals surface area contributed by atoms with E-state index in [4.69, 9.17) is 22.3 Å². The van der Waals surface area contributed by atoms with Gasteiger partial charge < -0.3 is 10.5 Å². The van der Waals surface area contributed by atoms with Crippen LogP contribution in [0.4, 0.5) is 0 Å². The Kier molecular flexibility index (Phi) is 7.32. The van der Waals surface area contributed by atoms with Gasteiger partial charge in [0.1, 0.15) is 0 Å². The Bertz CT molecular complexity index is 39.0. The predicted molar refractivity (Wildman–Crippen MR) is 31.7 cm³/mol. The van der Waals surface area contributed by atoms with Crippen molar-refractivity contribution in [3.8, 4) is 0 Å². The first-order valence-electron chi connectivity index (χ1n) is 2.43. The van der Waals surface area contributed by atoms with Gasteiger partial charge in [-0.2, -0.15) is 0 Å². The van der Waals surface area contributed by atoms with Gasteiger partial charge in [0.05, 0.1) is 31.7 Å². The Labute approximate surface area is 53.9 Å². The van der Waals surface area contributed by atoms with Gasteiger partial charge >= 0.3 is 0 Å². The highest BCUT2D eigenvalue weighted by Crippen LogP contribution is 1.79. The molecule has 0 saturated carbocycles. The van der Waals surface area contributed by atoms with E-state index in [1.54, 1.807) is 0 Å². The smallest absolute Gasteiger partial charge is 0.0916 e. The molecule has 0 saturated heterocycles. The number of rotatable bonds is 5. The van der Waals surface area contributed by atoms with Crippen LogP contribution in [0, 0.1) is 0 Å². The van der Waals surface area contributed by atoms with Crippen LogP contribution in [0.3, 0.4) is 0 Å². The molecule has 8 heavy (non-hydrogen) atoms. The highest BCUT2D eigenvalue weighted by atomic mass is 35.5. The Hall–Kier alpha value is 0.170. The quantitative estimate of drug-likeness (QED) is 0.551. The Morgan fingerprint density at radius 3 is 2.50 bits per heavy atom. The first-order valence-corrected chi connectivity index (χ1v) is 2.74. The molecule has 0 spiro atoms. The molecule has 0 aliphatic rings. The molecule has 3 nitrogen and oxygen atoms in total. The maximum absolute atomic E-state index is 5.11. The zero-order valence-corrected chi connectivity index (χ0v) is 5.36. The van der Waals surface area contributed by atoms with Gasteiger partial charge in [-0.25, -0.2) is 0 Å². The molecule has 0 unspecified atom stereocenters. The van der Waals surface area contributed by atoms with E-state index in [1.807, 2.05) is 0 Å². The van der Waals surface area contributed by atoms with Crippen molar-refractivity contribution in [2.45, 2.75) is 0 Å². The zero-order chi connectivity index (χ0) is 6.24. The third kappa shape index (κ3) is 6.17. The summed E-state index contributed by atoms with van der Waals surface area (Å²) in [4.78, 5) is 0. The Balaban J connectivity index is 2.53. The molecular weight excluding hydrogens is 130 g/mol. The van der Waals surface area contributed by atoms with Gasteiger partial charge in [-0.05, 0) is 0 Å². The number of halogens is 1. The fraction of sp³-hybridized carbons (Fsp3) is 1.00. The maximum atomic E-state index is 5.11. The zero-order valence-electron chi connectivity index (χ0n) is 4.60. The number of hydrogen-bond donors (Lipinski definition) is 1. The molecule has 0 amide bonds. The van der Waals surface area contributed by atoms with Gasteiger partial charge in [-0.3, -0.25) is 4.29 Å². The predicted octanol–water partition coefficient (Wildman–Crippen LogP) is 0.132. The van der Waals surface area contributed by atoms with Crippen molar-refractivity contribution in [2.24, 2.45) is 5.73 Å². The van der Waals surface area contributed by atoms with Crippen LogP contribution in [0.2, 0.25) is 0 Å². The summed E-state index contributed by atoms with van der Waals surface area (Å²) < 4.78 is 9.08. The van der Waals surface area contributed by atoms with Crippen molar-refractivity contribution < 1.29 is 9.03 Å². The molecule has 50 valence electrons. The first-order chi connectivity index (χ1) is 3.91. The summed E-state index contributed by atoms with van der Waals surface area (Å²) in [6.45, 7) is 2.05. The van der Waals surface area contributed by atoms with Crippen LogP contribution in [0.1, 0.15) is 0 Å². The largest absolute Gasteiger partial charge is 0.378 e. The van der Waals surface area contributed by atoms with Crippen molar-refractivity contribution in [2.75, 3.05) is 26.4 Å². The molecule has 0 radical (unpaired) electrons. The van der Waals surface area contributed by atoms with Gasteiger partial charge in [0, 0.05) is 6.54 Å². The second kappa shape index (κ2) is 7.17. The summed E-state index contributed by atoms with van der Waals surface area (Å²) >= 11 is 4.87. The minimum atomic E-state index is 0.418. The normalized spacial score (nSPS) is 9.75. The van der Waals surface area contributed by atoms with Gasteiger partial charge in [0.25, 0.3) is 0 Å². The maximum Gasteiger partial charge on any atom is 0.0916 e. The molecule has 0 aromatic rings. The van der Waals surface area contributed by atoms with Gasteiger partial charge in [-0.1, -0.05) is 0 Å². The second-order valence-electron chi connectivity index (χ2n) is 1.21. The van der Waals surface area contributed by atoms with Crippen LogP contribution in [0.25, 0.3) is 0 Å². The molecular formula is C4H10ClNO2. The molecule has 0 aliphatic heterocycles. The van der Waals surface area contributed by atoms with Crippen molar-refractivity contribution in [3.05, 3.63) is 0 Å². The van der Waals surface area contributed by atoms with Crippen molar-refractivity contribution in [1.29, 1.82) is 0 Å². The molecule has 0 rings (SSSR count). The third-order valence-electron chi connectivity index (χ3n) is 0.567. The van der Waals surface area contributed by atoms with Gasteiger partial charge in [-0.15, -0.1) is 0 Å². The standard InChI is InChI=1S/C4H10ClNO2/c5-8-4-3-7-2-1-6/h1-4,6H2. The topological polar surface area (TPSA) is 44.5 Å². The first kappa shape index (κ1) is 8.17. The lowest BCUT2D eigenvalue weighted by Crippen LogP contribution is -2.10. The molecule has 0 aromatic heterocycles. The number of hydrogen-bond acceptors (Lipinski definition) is 3. The number of ether oxygens (including phenoxy) is 1. The van der Waals surface area contributed by atoms with E-state index in [0.717, 1.165) is 0 Å². The van der Waals surface area contributed by atoms with Crippen LogP contribution in [-0.2, 0) is 9.03 Å². The summed E-state index contributed by atoms with van der Waals surface area (Å²) in [5.74, 6) is 0. The van der Waals surface area contributed by atoms with Gasteiger partial charge in [0.15, 0.2) is 0 Å². The van der Waals surface area contributed by atoms with Crippen molar-refractivity contribution in [3.63, 3.8) is 0 Å². The average Bonchev–Trinajstić information content (AvgIpc) is 1.81. The van der Waals surface area contributed by atoms with E-state index >= 15 is 0 Å². The van der Waals surface area contributed by atoms with Crippen molar-refractivity contribution >= 4 is 11.9 Å². The Morgan fingerprint density at radius 2 is 2.00 bits per heavy atom. The van der Waals surface area contributed by atoms with E-state index < -0.39 is 0 Å². The molecule has 2 N–H and O–H groups in total. The molecule has 0 bridgehead atoms. The molecule has 0 fully saturated rings. The highest BCUT2D eigenvalue weighted by molar-refractivity contribution is 6.07. The Morgan fingerprint density at radius 1 is 1.25 bits per heavy atom. The van der Waals surface area contributed by atoms with Crippen LogP contribution in [0.5, 0.6) is 0 Å². The van der Waals surface area contributed by atoms with Crippen molar-refractivity contribution in [1.82, 2.24) is 0 Å². The molecule has 0 heterocycles. The molecule has 0 aromatic carbocycles. The second-order valence-corrected chi connectivity index (χ2v) is 1.43. The lowest BCUT2D eigenvalue weighted by Gasteiger charge is -1.97. The third-order valence-corrected chi connectivity index (χ3v) is 0.721. The highest BCUT2D eigenvalue weighted by Gasteiger charge is 1.83. The van der Waals surface area contributed by atoms with Gasteiger partial charge in [0.2, 0.25) is 0 Å².